The number of esters is 1. The summed E-state index contributed by atoms with van der Waals surface area (Å²) in [5.41, 5.74) is 0. The van der Waals surface area contributed by atoms with E-state index in [2.05, 4.69) is 29.8 Å². The summed E-state index contributed by atoms with van der Waals surface area (Å²) in [4.78, 5) is 24.7. The predicted octanol–water partition coefficient (Wildman–Crippen LogP) is 6.22. The normalized spacial score (nSPS) is 14.9. The highest BCUT2D eigenvalue weighted by molar-refractivity contribution is 9.10. The van der Waals surface area contributed by atoms with Gasteiger partial charge in [0.05, 0.1) is 11.4 Å². The minimum Gasteiger partial charge on any atom is -0.468 e. The molecule has 2 atom stereocenters. The van der Waals surface area contributed by atoms with Crippen LogP contribution in [0.1, 0.15) is 97.8 Å². The Balaban J connectivity index is 4.25. The van der Waals surface area contributed by atoms with Gasteiger partial charge < -0.3 is 4.74 Å². The number of methoxy groups -OCH3 is 1. The lowest BCUT2D eigenvalue weighted by Gasteiger charge is -2.25. The van der Waals surface area contributed by atoms with Gasteiger partial charge in [0.25, 0.3) is 0 Å². The average Bonchev–Trinajstić information content (AvgIpc) is 2.56. The number of Topliss-reactive ketones (excluding diaryl/α,β-unsaturated/α-hetero) is 1. The molecule has 0 aliphatic carbocycles. The molecule has 0 amide bonds. The van der Waals surface area contributed by atoms with E-state index in [1.165, 1.54) is 45.6 Å². The highest BCUT2D eigenvalue weighted by Crippen LogP contribution is 2.31. The van der Waals surface area contributed by atoms with Crippen LogP contribution in [0.2, 0.25) is 0 Å². The van der Waals surface area contributed by atoms with E-state index in [-0.39, 0.29) is 5.78 Å². The molecule has 24 heavy (non-hydrogen) atoms. The van der Waals surface area contributed by atoms with Crippen LogP contribution < -0.4 is 0 Å². The molecule has 0 aromatic heterocycles. The lowest BCUT2D eigenvalue weighted by Crippen LogP contribution is -2.38. The average molecular weight is 405 g/mol. The number of alkyl halides is 1. The first-order valence-corrected chi connectivity index (χ1v) is 10.5. The summed E-state index contributed by atoms with van der Waals surface area (Å²) in [6, 6.07) is 0. The largest absolute Gasteiger partial charge is 0.468 e. The highest BCUT2D eigenvalue weighted by Gasteiger charge is 2.38. The quantitative estimate of drug-likeness (QED) is 0.141. The maximum atomic E-state index is 12.8. The Morgan fingerprint density at radius 1 is 0.917 bits per heavy atom. The van der Waals surface area contributed by atoms with E-state index in [1.807, 2.05) is 6.92 Å². The van der Waals surface area contributed by atoms with Crippen molar-refractivity contribution in [3.8, 4) is 0 Å². The van der Waals surface area contributed by atoms with Gasteiger partial charge in [0.15, 0.2) is 5.78 Å². The van der Waals surface area contributed by atoms with Crippen molar-refractivity contribution in [2.75, 3.05) is 7.11 Å². The third-order valence-electron chi connectivity index (χ3n) is 4.66. The van der Waals surface area contributed by atoms with Crippen LogP contribution in [0.4, 0.5) is 0 Å². The topological polar surface area (TPSA) is 43.4 Å². The van der Waals surface area contributed by atoms with Gasteiger partial charge in [0.2, 0.25) is 0 Å². The van der Waals surface area contributed by atoms with E-state index in [0.29, 0.717) is 6.42 Å². The summed E-state index contributed by atoms with van der Waals surface area (Å²) >= 11 is 3.58. The van der Waals surface area contributed by atoms with E-state index in [9.17, 15) is 9.59 Å². The van der Waals surface area contributed by atoms with E-state index in [4.69, 9.17) is 4.74 Å². The number of ketones is 1. The fourth-order valence-corrected chi connectivity index (χ4v) is 3.54. The molecule has 0 bridgehead atoms. The summed E-state index contributed by atoms with van der Waals surface area (Å²) in [6.07, 6.45) is 13.2. The van der Waals surface area contributed by atoms with Crippen molar-refractivity contribution in [3.63, 3.8) is 0 Å². The molecular formula is C20H37BrO3. The van der Waals surface area contributed by atoms with Gasteiger partial charge in [0.1, 0.15) is 5.92 Å². The van der Waals surface area contributed by atoms with Crippen LogP contribution >= 0.6 is 15.9 Å². The van der Waals surface area contributed by atoms with E-state index >= 15 is 0 Å². The van der Waals surface area contributed by atoms with Crippen LogP contribution in [0, 0.1) is 5.92 Å². The minimum absolute atomic E-state index is 0.0225. The van der Waals surface area contributed by atoms with Gasteiger partial charge in [-0.3, -0.25) is 9.59 Å². The number of carbonyl (C=O) groups is 2. The summed E-state index contributed by atoms with van der Waals surface area (Å²) in [6.45, 7) is 6.20. The Labute approximate surface area is 157 Å². The molecule has 0 saturated carbocycles. The molecule has 4 heteroatoms. The number of ether oxygens (including phenoxy) is 1. The number of hydrogen-bond donors (Lipinski definition) is 0. The number of unbranched alkanes of at least 4 members (excludes halogenated alkanes) is 8. The Bertz CT molecular complexity index is 353. The first-order chi connectivity index (χ1) is 11.4. The third kappa shape index (κ3) is 9.80. The van der Waals surface area contributed by atoms with Crippen LogP contribution in [0.3, 0.4) is 0 Å². The van der Waals surface area contributed by atoms with Crippen molar-refractivity contribution < 1.29 is 14.3 Å². The first kappa shape index (κ1) is 23.6. The van der Waals surface area contributed by atoms with Crippen LogP contribution in [0.15, 0.2) is 0 Å². The van der Waals surface area contributed by atoms with Crippen molar-refractivity contribution >= 4 is 27.7 Å². The summed E-state index contributed by atoms with van der Waals surface area (Å²) in [5, 5.41) is 0. The fourth-order valence-electron chi connectivity index (χ4n) is 2.98. The van der Waals surface area contributed by atoms with Crippen LogP contribution in [0.25, 0.3) is 0 Å². The molecule has 0 aromatic rings. The van der Waals surface area contributed by atoms with Crippen LogP contribution in [-0.2, 0) is 14.3 Å². The van der Waals surface area contributed by atoms with Crippen LogP contribution in [0.5, 0.6) is 0 Å². The Hall–Kier alpha value is -0.380. The van der Waals surface area contributed by atoms with Gasteiger partial charge in [-0.25, -0.2) is 0 Å². The predicted molar refractivity (Wildman–Crippen MR) is 105 cm³/mol. The van der Waals surface area contributed by atoms with Gasteiger partial charge in [-0.15, -0.1) is 0 Å². The summed E-state index contributed by atoms with van der Waals surface area (Å²) in [5.74, 6) is -1.05. The molecule has 0 rings (SSSR count). The zero-order chi connectivity index (χ0) is 18.4. The molecule has 142 valence electrons. The lowest BCUT2D eigenvalue weighted by molar-refractivity contribution is -0.150. The molecule has 0 aromatic carbocycles. The molecule has 0 aliphatic heterocycles. The van der Waals surface area contributed by atoms with Gasteiger partial charge >= 0.3 is 5.97 Å². The van der Waals surface area contributed by atoms with Crippen molar-refractivity contribution in [2.24, 2.45) is 5.92 Å². The SMILES string of the molecule is CCCCCCCCCC[C@@](C)(Br)C(=O)[C@@H](CCCC)C(=O)OC. The smallest absolute Gasteiger partial charge is 0.316 e. The van der Waals surface area contributed by atoms with Gasteiger partial charge in [0, 0.05) is 0 Å². The molecule has 0 unspecified atom stereocenters. The molecule has 0 spiro atoms. The van der Waals surface area contributed by atoms with Crippen molar-refractivity contribution in [2.45, 2.75) is 102 Å². The van der Waals surface area contributed by atoms with E-state index in [1.54, 1.807) is 0 Å². The molecule has 0 aliphatic rings. The summed E-state index contributed by atoms with van der Waals surface area (Å²) in [7, 11) is 1.36. The van der Waals surface area contributed by atoms with Crippen molar-refractivity contribution in [3.05, 3.63) is 0 Å². The van der Waals surface area contributed by atoms with Gasteiger partial charge in [-0.1, -0.05) is 94.0 Å². The van der Waals surface area contributed by atoms with Crippen molar-refractivity contribution in [1.29, 1.82) is 0 Å². The highest BCUT2D eigenvalue weighted by atomic mass is 79.9. The molecule has 0 saturated heterocycles. The minimum atomic E-state index is -0.631. The maximum absolute atomic E-state index is 12.8. The monoisotopic (exact) mass is 404 g/mol. The summed E-state index contributed by atoms with van der Waals surface area (Å²) < 4.78 is 4.21. The zero-order valence-corrected chi connectivity index (χ0v) is 17.8. The lowest BCUT2D eigenvalue weighted by atomic mass is 9.87. The first-order valence-electron chi connectivity index (χ1n) is 9.71. The number of carbonyl (C=O) groups excluding carboxylic acids is 2. The third-order valence-corrected chi connectivity index (χ3v) is 5.45. The molecule has 0 heterocycles. The Kier molecular flexibility index (Phi) is 13.6. The molecule has 3 nitrogen and oxygen atoms in total. The fraction of sp³-hybridized carbons (Fsp3) is 0.900. The second-order valence-electron chi connectivity index (χ2n) is 7.00. The standard InChI is InChI=1S/C20H37BrO3/c1-5-7-9-10-11-12-13-14-16-20(3,21)18(22)17(15-8-6-2)19(23)24-4/h17H,5-16H2,1-4H3/t17-,20-/m1/s1. The van der Waals surface area contributed by atoms with E-state index in [0.717, 1.165) is 32.1 Å². The van der Waals surface area contributed by atoms with Crippen LogP contribution in [-0.4, -0.2) is 23.2 Å². The van der Waals surface area contributed by atoms with E-state index < -0.39 is 16.2 Å². The zero-order valence-electron chi connectivity index (χ0n) is 16.2. The van der Waals surface area contributed by atoms with Gasteiger partial charge in [-0.05, 0) is 19.8 Å². The molecule has 0 fully saturated rings. The molecular weight excluding hydrogens is 368 g/mol. The second kappa shape index (κ2) is 13.9. The van der Waals surface area contributed by atoms with Crippen molar-refractivity contribution in [1.82, 2.24) is 0 Å². The number of halogens is 1. The Morgan fingerprint density at radius 3 is 1.92 bits per heavy atom. The molecule has 0 radical (unpaired) electrons. The number of rotatable bonds is 15. The maximum Gasteiger partial charge on any atom is 0.316 e. The number of hydrogen-bond acceptors (Lipinski definition) is 3. The Morgan fingerprint density at radius 2 is 1.42 bits per heavy atom. The molecule has 0 N–H and O–H groups in total. The second-order valence-corrected chi connectivity index (χ2v) is 8.75. The van der Waals surface area contributed by atoms with Gasteiger partial charge in [-0.2, -0.15) is 0 Å².